The highest BCUT2D eigenvalue weighted by Gasteiger charge is 2.34. The van der Waals surface area contributed by atoms with Crippen molar-refractivity contribution in [2.24, 2.45) is 0 Å². The van der Waals surface area contributed by atoms with Gasteiger partial charge in [-0.1, -0.05) is 43.3 Å². The highest BCUT2D eigenvalue weighted by atomic mass is 16.5. The molecule has 2 aromatic rings. The third-order valence-corrected chi connectivity index (χ3v) is 6.03. The highest BCUT2D eigenvalue weighted by molar-refractivity contribution is 5.38. The number of nitrogens with zero attached hydrogens (tertiary/aromatic N) is 4. The minimum atomic E-state index is -0.0447. The second kappa shape index (κ2) is 11.8. The van der Waals surface area contributed by atoms with E-state index in [1.165, 1.54) is 5.56 Å². The fourth-order valence-electron chi connectivity index (χ4n) is 4.06. The first kappa shape index (κ1) is 23.2. The summed E-state index contributed by atoms with van der Waals surface area (Å²) in [6.45, 7) is 12.0. The third kappa shape index (κ3) is 7.03. The molecule has 1 fully saturated rings. The summed E-state index contributed by atoms with van der Waals surface area (Å²) < 4.78 is 5.83. The molecule has 1 saturated heterocycles. The fourth-order valence-corrected chi connectivity index (χ4v) is 4.06. The number of piperazine rings is 1. The largest absolute Gasteiger partial charge is 0.381 e. The number of hydrogen-bond donors (Lipinski definition) is 1. The average molecular weight is 422 g/mol. The molecule has 1 aromatic carbocycles. The van der Waals surface area contributed by atoms with Crippen molar-refractivity contribution in [2.75, 3.05) is 51.3 Å². The lowest BCUT2D eigenvalue weighted by Crippen LogP contribution is -2.58. The predicted molar refractivity (Wildman–Crippen MR) is 125 cm³/mol. The summed E-state index contributed by atoms with van der Waals surface area (Å²) >= 11 is 0. The van der Waals surface area contributed by atoms with E-state index in [0.717, 1.165) is 71.1 Å². The molecule has 1 N–H and O–H groups in total. The molecule has 0 saturated carbocycles. The number of nitriles is 1. The van der Waals surface area contributed by atoms with Crippen LogP contribution < -0.4 is 5.32 Å². The Morgan fingerprint density at radius 3 is 2.55 bits per heavy atom. The Labute approximate surface area is 186 Å². The van der Waals surface area contributed by atoms with Crippen LogP contribution >= 0.6 is 0 Å². The molecule has 1 atom stereocenters. The molecular weight excluding hydrogens is 386 g/mol. The Hall–Kier alpha value is -2.46. The van der Waals surface area contributed by atoms with Crippen molar-refractivity contribution < 1.29 is 4.74 Å². The topological polar surface area (TPSA) is 64.4 Å². The van der Waals surface area contributed by atoms with E-state index < -0.39 is 0 Å². The van der Waals surface area contributed by atoms with E-state index in [-0.39, 0.29) is 5.54 Å². The van der Waals surface area contributed by atoms with E-state index >= 15 is 0 Å². The third-order valence-electron chi connectivity index (χ3n) is 6.03. The molecule has 6 heteroatoms. The molecule has 0 radical (unpaired) electrons. The maximum atomic E-state index is 9.12. The summed E-state index contributed by atoms with van der Waals surface area (Å²) in [5.74, 6) is 0.752. The molecule has 0 amide bonds. The molecule has 0 spiro atoms. The van der Waals surface area contributed by atoms with Crippen LogP contribution in [-0.4, -0.2) is 66.3 Å². The van der Waals surface area contributed by atoms with Gasteiger partial charge in [-0.3, -0.25) is 9.80 Å². The van der Waals surface area contributed by atoms with Crippen molar-refractivity contribution in [2.45, 2.75) is 38.8 Å². The zero-order chi connectivity index (χ0) is 21.9. The quantitative estimate of drug-likeness (QED) is 0.558. The average Bonchev–Trinajstić information content (AvgIpc) is 2.82. The first-order valence-corrected chi connectivity index (χ1v) is 11.3. The highest BCUT2D eigenvalue weighted by Crippen LogP contribution is 2.23. The van der Waals surface area contributed by atoms with Gasteiger partial charge in [-0.15, -0.1) is 0 Å². The lowest BCUT2D eigenvalue weighted by atomic mass is 9.94. The summed E-state index contributed by atoms with van der Waals surface area (Å²) in [4.78, 5) is 9.50. The maximum absolute atomic E-state index is 9.12. The zero-order valence-electron chi connectivity index (χ0n) is 18.9. The van der Waals surface area contributed by atoms with Crippen LogP contribution in [-0.2, 0) is 11.3 Å². The Balaban J connectivity index is 1.60. The zero-order valence-corrected chi connectivity index (χ0v) is 18.9. The number of anilines is 1. The summed E-state index contributed by atoms with van der Waals surface area (Å²) in [5.41, 5.74) is 1.76. The predicted octanol–water partition coefficient (Wildman–Crippen LogP) is 3.76. The van der Waals surface area contributed by atoms with Gasteiger partial charge >= 0.3 is 0 Å². The Kier molecular flexibility index (Phi) is 8.84. The van der Waals surface area contributed by atoms with Gasteiger partial charge in [0.25, 0.3) is 0 Å². The second-order valence-corrected chi connectivity index (χ2v) is 8.48. The van der Waals surface area contributed by atoms with Gasteiger partial charge in [0.2, 0.25) is 0 Å². The minimum Gasteiger partial charge on any atom is -0.381 e. The number of pyridine rings is 1. The summed E-state index contributed by atoms with van der Waals surface area (Å²) in [5, 5.41) is 12.6. The second-order valence-electron chi connectivity index (χ2n) is 8.48. The number of nitrogens with one attached hydrogen (secondary N) is 1. The van der Waals surface area contributed by atoms with Crippen molar-refractivity contribution in [1.29, 1.82) is 5.26 Å². The van der Waals surface area contributed by atoms with Gasteiger partial charge < -0.3 is 10.1 Å². The SMILES string of the molecule is CCCOCCC(C)(CNc1cccc(C#N)n1)N1CCN(Cc2ccccc2)CC1. The van der Waals surface area contributed by atoms with Gasteiger partial charge in [-0.2, -0.15) is 5.26 Å². The van der Waals surface area contributed by atoms with Gasteiger partial charge in [0.05, 0.1) is 0 Å². The van der Waals surface area contributed by atoms with E-state index in [2.05, 4.69) is 70.3 Å². The monoisotopic (exact) mass is 421 g/mol. The van der Waals surface area contributed by atoms with Gasteiger partial charge in [-0.05, 0) is 37.5 Å². The van der Waals surface area contributed by atoms with Crippen LogP contribution in [0.1, 0.15) is 37.9 Å². The standard InChI is InChI=1S/C25H35N5O/c1-3-17-31-18-12-25(2,21-27-24-11-7-10-23(19-26)28-24)30-15-13-29(14-16-30)20-22-8-5-4-6-9-22/h4-11H,3,12-18,20-21H2,1-2H3,(H,27,28). The van der Waals surface area contributed by atoms with Gasteiger partial charge in [0, 0.05) is 58.0 Å². The van der Waals surface area contributed by atoms with Gasteiger partial charge in [-0.25, -0.2) is 4.98 Å². The number of aromatic nitrogens is 1. The Bertz CT molecular complexity index is 829. The molecule has 0 aliphatic carbocycles. The molecule has 166 valence electrons. The molecule has 1 unspecified atom stereocenters. The summed E-state index contributed by atoms with van der Waals surface area (Å²) in [6, 6.07) is 18.3. The first-order valence-electron chi connectivity index (χ1n) is 11.3. The molecule has 3 rings (SSSR count). The van der Waals surface area contributed by atoms with Crippen molar-refractivity contribution in [1.82, 2.24) is 14.8 Å². The lowest BCUT2D eigenvalue weighted by molar-refractivity contribution is 0.0190. The summed E-state index contributed by atoms with van der Waals surface area (Å²) in [6.07, 6.45) is 1.99. The minimum absolute atomic E-state index is 0.0447. The number of benzene rings is 1. The van der Waals surface area contributed by atoms with Crippen LogP contribution in [0.3, 0.4) is 0 Å². The van der Waals surface area contributed by atoms with E-state index in [4.69, 9.17) is 10.00 Å². The number of ether oxygens (including phenoxy) is 1. The van der Waals surface area contributed by atoms with Crippen LogP contribution in [0.4, 0.5) is 5.82 Å². The lowest BCUT2D eigenvalue weighted by Gasteiger charge is -2.46. The van der Waals surface area contributed by atoms with Crippen molar-refractivity contribution in [3.63, 3.8) is 0 Å². The Morgan fingerprint density at radius 2 is 1.84 bits per heavy atom. The number of hydrogen-bond acceptors (Lipinski definition) is 6. The van der Waals surface area contributed by atoms with Crippen molar-refractivity contribution >= 4 is 5.82 Å². The number of rotatable bonds is 11. The van der Waals surface area contributed by atoms with Gasteiger partial charge in [0.1, 0.15) is 17.6 Å². The maximum Gasteiger partial charge on any atom is 0.142 e. The first-order chi connectivity index (χ1) is 15.1. The molecule has 6 nitrogen and oxygen atoms in total. The van der Waals surface area contributed by atoms with E-state index in [1.54, 1.807) is 6.07 Å². The molecule has 1 aliphatic rings. The van der Waals surface area contributed by atoms with Gasteiger partial charge in [0.15, 0.2) is 0 Å². The smallest absolute Gasteiger partial charge is 0.142 e. The molecule has 1 aromatic heterocycles. The van der Waals surface area contributed by atoms with Crippen LogP contribution in [0.15, 0.2) is 48.5 Å². The van der Waals surface area contributed by atoms with Crippen LogP contribution in [0.5, 0.6) is 0 Å². The molecule has 0 bridgehead atoms. The molecular formula is C25H35N5O. The van der Waals surface area contributed by atoms with Crippen LogP contribution in [0.2, 0.25) is 0 Å². The van der Waals surface area contributed by atoms with Crippen LogP contribution in [0, 0.1) is 11.3 Å². The molecule has 31 heavy (non-hydrogen) atoms. The van der Waals surface area contributed by atoms with Crippen LogP contribution in [0.25, 0.3) is 0 Å². The van der Waals surface area contributed by atoms with Crippen molar-refractivity contribution in [3.05, 3.63) is 59.8 Å². The van der Waals surface area contributed by atoms with E-state index in [0.29, 0.717) is 5.69 Å². The van der Waals surface area contributed by atoms with E-state index in [9.17, 15) is 0 Å². The Morgan fingerprint density at radius 1 is 1.06 bits per heavy atom. The molecule has 2 heterocycles. The van der Waals surface area contributed by atoms with Crippen molar-refractivity contribution in [3.8, 4) is 6.07 Å². The fraction of sp³-hybridized carbons (Fsp3) is 0.520. The normalized spacial score (nSPS) is 17.1. The van der Waals surface area contributed by atoms with E-state index in [1.807, 2.05) is 12.1 Å². The summed E-state index contributed by atoms with van der Waals surface area (Å²) in [7, 11) is 0. The molecule has 1 aliphatic heterocycles.